The van der Waals surface area contributed by atoms with E-state index in [-0.39, 0.29) is 40.1 Å². The molecule has 7 aromatic carbocycles. The van der Waals surface area contributed by atoms with E-state index < -0.39 is 246 Å². The molecule has 0 heterocycles. The van der Waals surface area contributed by atoms with Crippen LogP contribution >= 0.6 is 0 Å². The summed E-state index contributed by atoms with van der Waals surface area (Å²) in [5, 5.41) is 0. The van der Waals surface area contributed by atoms with Crippen LogP contribution in [0.3, 0.4) is 0 Å². The summed E-state index contributed by atoms with van der Waals surface area (Å²) < 4.78 is 740. The molecule has 0 bridgehead atoms. The minimum Gasteiger partial charge on any atom is -0.494 e. The van der Waals surface area contributed by atoms with Gasteiger partial charge in [0.15, 0.2) is 11.5 Å². The fourth-order valence-electron chi connectivity index (χ4n) is 12.2. The summed E-state index contributed by atoms with van der Waals surface area (Å²) in [5.41, 5.74) is 2.87. The van der Waals surface area contributed by atoms with Crippen LogP contribution in [-0.2, 0) is 24.6 Å². The molecule has 0 amide bonds. The van der Waals surface area contributed by atoms with E-state index in [1.54, 1.807) is 0 Å². The zero-order valence-electron chi connectivity index (χ0n) is 69.7. The number of benzene rings is 7. The number of halogens is 51. The van der Waals surface area contributed by atoms with Crippen molar-refractivity contribution in [1.29, 1.82) is 0 Å². The van der Waals surface area contributed by atoms with Crippen molar-refractivity contribution in [2.75, 3.05) is 26.9 Å². The Labute approximate surface area is 761 Å². The lowest BCUT2D eigenvalue weighted by Gasteiger charge is -2.42. The maximum atomic E-state index is 14.5. The molecule has 8 nitrogen and oxygen atoms in total. The van der Waals surface area contributed by atoms with Crippen LogP contribution in [0.5, 0.6) is 34.5 Å². The second-order valence-electron chi connectivity index (χ2n) is 30.7. The third-order valence-corrected chi connectivity index (χ3v) is 20.9. The van der Waals surface area contributed by atoms with E-state index in [0.717, 1.165) is 19.2 Å². The Kier molecular flexibility index (Phi) is 33.6. The number of rotatable bonds is 49. The lowest BCUT2D eigenvalue weighted by atomic mass is 9.88. The fourth-order valence-corrected chi connectivity index (χ4v) is 12.2. The third-order valence-electron chi connectivity index (χ3n) is 20.9. The highest BCUT2D eigenvalue weighted by Crippen LogP contribution is 2.69. The first-order chi connectivity index (χ1) is 64.1. The quantitative estimate of drug-likeness (QED) is 0.0212. The Balaban J connectivity index is 1.04. The normalized spacial score (nSPS) is 14.5. The Morgan fingerprint density at radius 3 is 0.577 bits per heavy atom. The summed E-state index contributed by atoms with van der Waals surface area (Å²) in [6.07, 6.45) is -39.0. The predicted molar refractivity (Wildman–Crippen MR) is 387 cm³/mol. The largest absolute Gasteiger partial charge is 0.494 e. The van der Waals surface area contributed by atoms with Gasteiger partial charge in [0, 0.05) is 19.3 Å². The number of unbranched alkanes of at least 4 members (excludes halogenated alkanes) is 3. The van der Waals surface area contributed by atoms with Gasteiger partial charge in [0.2, 0.25) is 5.75 Å². The second-order valence-corrected chi connectivity index (χ2v) is 30.7. The van der Waals surface area contributed by atoms with Gasteiger partial charge in [0.1, 0.15) is 37.1 Å². The number of carbonyl (C=O) groups excluding carboxylic acids is 1. The van der Waals surface area contributed by atoms with E-state index in [1.807, 2.05) is 0 Å². The summed E-state index contributed by atoms with van der Waals surface area (Å²) in [6, 6.07) is 34.9. The topological polar surface area (TPSA) is 81.7 Å². The molecule has 7 aromatic rings. The summed E-state index contributed by atoms with van der Waals surface area (Å²) in [7, 11) is 0.960. The molecule has 0 aliphatic rings. The molecule has 0 fully saturated rings. The van der Waals surface area contributed by atoms with E-state index in [9.17, 15) is 229 Å². The van der Waals surface area contributed by atoms with Crippen LogP contribution < -0.4 is 28.4 Å². The lowest BCUT2D eigenvalue weighted by molar-refractivity contribution is -0.461. The zero-order chi connectivity index (χ0) is 109. The van der Waals surface area contributed by atoms with Gasteiger partial charge in [-0.1, -0.05) is 109 Å². The van der Waals surface area contributed by atoms with Gasteiger partial charge < -0.3 is 33.2 Å². The van der Waals surface area contributed by atoms with Gasteiger partial charge in [-0.3, -0.25) is 0 Å². The van der Waals surface area contributed by atoms with Crippen molar-refractivity contribution in [2.24, 2.45) is 0 Å². The molecule has 0 aliphatic carbocycles. The molecule has 0 unspecified atom stereocenters. The Morgan fingerprint density at radius 1 is 0.211 bits per heavy atom. The number of carbonyl (C=O) groups is 1. The Hall–Kier alpha value is -10.8. The first kappa shape index (κ1) is 118. The van der Waals surface area contributed by atoms with Gasteiger partial charge in [-0.15, -0.1) is 0 Å². The monoisotopic (exact) mass is 2150 g/mol. The number of alkyl halides is 51. The van der Waals surface area contributed by atoms with E-state index in [2.05, 4.69) is 0 Å². The standard InChI is InChI=1S/C83H59F51O8/c1-136-59(135)52-38-56(140-40-43-8-14-46(15-9-43)49-20-26-53(27-21-49)137-35-5-2-32-60(84,85)63(90,91)66(96,97)69(102,103)72(108,109)75(114,115)78(120,121)81(126,127)128)58(142-42-45-12-18-48(19-13-45)51-24-30-55(31-25-51)139-37-7-4-34-62(88,89)65(94,95)68(100,101)71(106,107)74(112,113)77(118,119)80(124,125)83(132,133)134)57(39-52)141-41-44-10-16-47(17-11-44)50-22-28-54(29-23-50)138-36-6-3-33-61(86,87)64(92,93)67(98,99)70(104,105)73(110,111)76(116,117)79(122,123)82(129,130)131/h8-31,38-39H,2-7,32-37,40-42H2,1H3. The average molecular weight is 2150 g/mol. The first-order valence-corrected chi connectivity index (χ1v) is 38.9. The van der Waals surface area contributed by atoms with Crippen molar-refractivity contribution < 1.29 is 262 Å². The third kappa shape index (κ3) is 21.5. The van der Waals surface area contributed by atoms with E-state index in [0.29, 0.717) is 50.1 Å². The lowest BCUT2D eigenvalue weighted by Crippen LogP contribution is -2.74. The van der Waals surface area contributed by atoms with Crippen LogP contribution in [0.15, 0.2) is 158 Å². The van der Waals surface area contributed by atoms with Gasteiger partial charge >= 0.3 is 149 Å². The van der Waals surface area contributed by atoms with Crippen molar-refractivity contribution in [2.45, 2.75) is 221 Å². The van der Waals surface area contributed by atoms with Crippen LogP contribution in [0.1, 0.15) is 84.8 Å². The maximum Gasteiger partial charge on any atom is 0.460 e. The summed E-state index contributed by atoms with van der Waals surface area (Å²) in [5.74, 6) is -175. The summed E-state index contributed by atoms with van der Waals surface area (Å²) in [4.78, 5) is 13.3. The number of esters is 1. The fraction of sp³-hybridized carbons (Fsp3) is 0.482. The zero-order valence-corrected chi connectivity index (χ0v) is 69.7. The SMILES string of the molecule is COC(=O)c1cc(OCc2ccc(-c3ccc(OCCCCC(F)(F)C(F)(F)C(F)(F)C(F)(F)C(F)(F)C(F)(F)C(F)(F)C(F)(F)F)cc3)cc2)c(OCc2ccc(-c3ccc(OCCCCC(F)(F)C(F)(F)C(F)(F)C(F)(F)C(F)(F)C(F)(F)C(F)(F)C(F)(F)F)cc3)cc2)c(OCc2ccc(-c3ccc(OCCCCC(F)(F)C(F)(F)C(F)(F)C(F)(F)C(F)(F)C(F)(F)C(F)(F)C(F)(F)F)cc3)cc2)c1. The smallest absolute Gasteiger partial charge is 0.460 e. The molecule has 0 N–H and O–H groups in total. The summed E-state index contributed by atoms with van der Waals surface area (Å²) >= 11 is 0. The molecule has 0 radical (unpaired) electrons. The van der Waals surface area contributed by atoms with Crippen LogP contribution in [0.2, 0.25) is 0 Å². The first-order valence-electron chi connectivity index (χ1n) is 38.9. The number of methoxy groups -OCH3 is 1. The molecule has 0 aromatic heterocycles. The van der Waals surface area contributed by atoms with E-state index >= 15 is 0 Å². The van der Waals surface area contributed by atoms with Crippen molar-refractivity contribution >= 4 is 5.97 Å². The predicted octanol–water partition coefficient (Wildman–Crippen LogP) is 30.9. The van der Waals surface area contributed by atoms with E-state index in [1.165, 1.54) is 146 Å². The van der Waals surface area contributed by atoms with Gasteiger partial charge in [-0.25, -0.2) is 4.79 Å². The molecular formula is C83H59F51O8. The number of ether oxygens (including phenoxy) is 7. The number of hydrogen-bond donors (Lipinski definition) is 0. The second kappa shape index (κ2) is 40.3. The Morgan fingerprint density at radius 2 is 0.387 bits per heavy atom. The maximum absolute atomic E-state index is 14.5. The average Bonchev–Trinajstić information content (AvgIpc) is 0.701. The van der Waals surface area contributed by atoms with Crippen molar-refractivity contribution in [3.05, 3.63) is 180 Å². The molecule has 0 saturated carbocycles. The molecule has 0 atom stereocenters. The van der Waals surface area contributed by atoms with Gasteiger partial charge in [-0.05, 0) is 137 Å². The van der Waals surface area contributed by atoms with Crippen molar-refractivity contribution in [3.63, 3.8) is 0 Å². The Bertz CT molecular complexity index is 5140. The highest BCUT2D eigenvalue weighted by molar-refractivity contribution is 5.91. The minimum atomic E-state index is -8.81. The molecule has 7 rings (SSSR count). The highest BCUT2D eigenvalue weighted by atomic mass is 19.5. The van der Waals surface area contributed by atoms with Crippen molar-refractivity contribution in [1.82, 2.24) is 0 Å². The van der Waals surface area contributed by atoms with Gasteiger partial charge in [0.25, 0.3) is 0 Å². The number of hydrogen-bond acceptors (Lipinski definition) is 8. The van der Waals surface area contributed by atoms with Crippen LogP contribution in [-0.4, -0.2) is 176 Å². The molecule has 59 heteroatoms. The molecule has 0 spiro atoms. The van der Waals surface area contributed by atoms with Gasteiger partial charge in [-0.2, -0.15) is 224 Å². The van der Waals surface area contributed by atoms with Crippen molar-refractivity contribution in [3.8, 4) is 67.9 Å². The van der Waals surface area contributed by atoms with Crippen LogP contribution in [0.25, 0.3) is 33.4 Å². The van der Waals surface area contributed by atoms with Gasteiger partial charge in [0.05, 0.1) is 32.5 Å². The molecule has 0 aliphatic heterocycles. The summed E-state index contributed by atoms with van der Waals surface area (Å²) in [6.45, 7) is -3.75. The molecule has 796 valence electrons. The molecular weight excluding hydrogens is 2090 g/mol. The molecule has 0 saturated heterocycles. The van der Waals surface area contributed by atoms with E-state index in [4.69, 9.17) is 33.2 Å². The highest BCUT2D eigenvalue weighted by Gasteiger charge is 2.99. The molecule has 142 heavy (non-hydrogen) atoms. The van der Waals surface area contributed by atoms with Crippen LogP contribution in [0.4, 0.5) is 224 Å². The van der Waals surface area contributed by atoms with Crippen LogP contribution in [0, 0.1) is 0 Å². The minimum absolute atomic E-state index is 0.171.